The van der Waals surface area contributed by atoms with Gasteiger partial charge < -0.3 is 14.7 Å². The normalized spacial score (nSPS) is 19.2. The minimum absolute atomic E-state index is 0.0243. The predicted molar refractivity (Wildman–Crippen MR) is 72.9 cm³/mol. The lowest BCUT2D eigenvalue weighted by Gasteiger charge is -2.25. The largest absolute Gasteiger partial charge is 0.361 e. The first kappa shape index (κ1) is 13.9. The number of aromatic nitrogens is 1. The van der Waals surface area contributed by atoms with Crippen molar-refractivity contribution in [3.8, 4) is 0 Å². The summed E-state index contributed by atoms with van der Waals surface area (Å²) in [6.45, 7) is 9.56. The number of amides is 2. The summed E-state index contributed by atoms with van der Waals surface area (Å²) < 4.78 is 5.23. The van der Waals surface area contributed by atoms with E-state index in [1.54, 1.807) is 0 Å². The van der Waals surface area contributed by atoms with Gasteiger partial charge in [0.2, 0.25) is 0 Å². The minimum atomic E-state index is 0.0243. The molecule has 2 amide bonds. The molecule has 2 rings (SSSR count). The molecule has 1 aliphatic rings. The van der Waals surface area contributed by atoms with Crippen molar-refractivity contribution in [3.63, 3.8) is 0 Å². The fourth-order valence-corrected chi connectivity index (χ4v) is 2.67. The molecule has 1 aliphatic heterocycles. The maximum Gasteiger partial charge on any atom is 0.317 e. The highest BCUT2D eigenvalue weighted by Gasteiger charge is 2.33. The molecule has 0 saturated carbocycles. The Balaban J connectivity index is 2.11. The molecule has 1 fully saturated rings. The van der Waals surface area contributed by atoms with Crippen molar-refractivity contribution in [3.05, 3.63) is 17.0 Å². The lowest BCUT2D eigenvalue weighted by molar-refractivity contribution is 0.191. The van der Waals surface area contributed by atoms with E-state index in [9.17, 15) is 4.79 Å². The quantitative estimate of drug-likeness (QED) is 0.914. The van der Waals surface area contributed by atoms with Crippen LogP contribution in [0.25, 0.3) is 0 Å². The maximum atomic E-state index is 12.2. The van der Waals surface area contributed by atoms with Gasteiger partial charge in [-0.05, 0) is 32.6 Å². The summed E-state index contributed by atoms with van der Waals surface area (Å²) in [6.07, 6.45) is 2.02. The molecular formula is C14H23N3O2. The highest BCUT2D eigenvalue weighted by molar-refractivity contribution is 5.75. The van der Waals surface area contributed by atoms with Crippen LogP contribution in [0.15, 0.2) is 4.52 Å². The molecule has 2 heterocycles. The number of carbonyl (C=O) groups excluding carboxylic acids is 1. The van der Waals surface area contributed by atoms with Gasteiger partial charge in [0.05, 0.1) is 11.7 Å². The fraction of sp³-hybridized carbons (Fsp3) is 0.714. The van der Waals surface area contributed by atoms with Gasteiger partial charge in [-0.3, -0.25) is 0 Å². The Kier molecular flexibility index (Phi) is 4.12. The fourth-order valence-electron chi connectivity index (χ4n) is 2.67. The number of aryl methyl sites for hydroxylation is 2. The Labute approximate surface area is 114 Å². The third-order valence-electron chi connectivity index (χ3n) is 3.60. The summed E-state index contributed by atoms with van der Waals surface area (Å²) in [6, 6.07) is 0.134. The average Bonchev–Trinajstić information content (AvgIpc) is 2.93. The van der Waals surface area contributed by atoms with Gasteiger partial charge >= 0.3 is 6.03 Å². The Morgan fingerprint density at radius 2 is 2.26 bits per heavy atom. The van der Waals surface area contributed by atoms with Crippen LogP contribution in [0.2, 0.25) is 0 Å². The molecule has 19 heavy (non-hydrogen) atoms. The molecule has 1 aromatic heterocycles. The van der Waals surface area contributed by atoms with E-state index >= 15 is 0 Å². The molecule has 0 bridgehead atoms. The number of rotatable bonds is 3. The van der Waals surface area contributed by atoms with Gasteiger partial charge in [-0.1, -0.05) is 19.0 Å². The molecule has 0 radical (unpaired) electrons. The average molecular weight is 265 g/mol. The summed E-state index contributed by atoms with van der Waals surface area (Å²) in [4.78, 5) is 14.2. The van der Waals surface area contributed by atoms with E-state index in [0.717, 1.165) is 36.4 Å². The van der Waals surface area contributed by atoms with Crippen LogP contribution in [-0.4, -0.2) is 29.2 Å². The number of hydrogen-bond acceptors (Lipinski definition) is 3. The van der Waals surface area contributed by atoms with Crippen molar-refractivity contribution in [2.24, 2.45) is 5.92 Å². The molecule has 1 aromatic rings. The summed E-state index contributed by atoms with van der Waals surface area (Å²) in [5, 5.41) is 6.99. The highest BCUT2D eigenvalue weighted by atomic mass is 16.5. The smallest absolute Gasteiger partial charge is 0.317 e. The molecule has 0 spiro atoms. The van der Waals surface area contributed by atoms with Crippen molar-refractivity contribution in [2.45, 2.75) is 46.6 Å². The van der Waals surface area contributed by atoms with Gasteiger partial charge in [0.25, 0.3) is 0 Å². The number of hydrogen-bond donors (Lipinski definition) is 1. The molecule has 0 aromatic carbocycles. The molecule has 1 atom stereocenters. The first-order valence-corrected chi connectivity index (χ1v) is 6.98. The summed E-state index contributed by atoms with van der Waals surface area (Å²) in [5.41, 5.74) is 1.98. The first-order chi connectivity index (χ1) is 9.00. The number of nitrogens with zero attached hydrogens (tertiary/aromatic N) is 2. The monoisotopic (exact) mass is 265 g/mol. The number of likely N-dealkylation sites (tertiary alicyclic amines) is 1. The zero-order valence-electron chi connectivity index (χ0n) is 12.2. The van der Waals surface area contributed by atoms with Gasteiger partial charge in [-0.2, -0.15) is 0 Å². The second-order valence-corrected chi connectivity index (χ2v) is 5.67. The van der Waals surface area contributed by atoms with Gasteiger partial charge in [0.15, 0.2) is 0 Å². The standard InChI is InChI=1S/C14H23N3O2/c1-9(2)8-15-14(18)17-7-5-6-12(17)13-10(3)16-19-11(13)4/h9,12H,5-8H2,1-4H3,(H,15,18). The Bertz CT molecular complexity index is 434. The van der Waals surface area contributed by atoms with Gasteiger partial charge in [-0.15, -0.1) is 0 Å². The van der Waals surface area contributed by atoms with Crippen molar-refractivity contribution in [1.29, 1.82) is 0 Å². The summed E-state index contributed by atoms with van der Waals surface area (Å²) in [7, 11) is 0. The van der Waals surface area contributed by atoms with E-state index in [2.05, 4.69) is 24.3 Å². The molecular weight excluding hydrogens is 242 g/mol. The zero-order valence-corrected chi connectivity index (χ0v) is 12.2. The third kappa shape index (κ3) is 2.91. The zero-order chi connectivity index (χ0) is 14.0. The van der Waals surface area contributed by atoms with Gasteiger partial charge in [0, 0.05) is 18.7 Å². The maximum absolute atomic E-state index is 12.2. The van der Waals surface area contributed by atoms with E-state index in [1.807, 2.05) is 18.7 Å². The van der Waals surface area contributed by atoms with Crippen LogP contribution in [0.4, 0.5) is 4.79 Å². The molecule has 5 heteroatoms. The van der Waals surface area contributed by atoms with Crippen LogP contribution in [-0.2, 0) is 0 Å². The van der Waals surface area contributed by atoms with Crippen molar-refractivity contribution in [1.82, 2.24) is 15.4 Å². The summed E-state index contributed by atoms with van der Waals surface area (Å²) in [5.74, 6) is 1.29. The summed E-state index contributed by atoms with van der Waals surface area (Å²) >= 11 is 0. The lowest BCUT2D eigenvalue weighted by atomic mass is 10.0. The van der Waals surface area contributed by atoms with Crippen LogP contribution in [0, 0.1) is 19.8 Å². The molecule has 5 nitrogen and oxygen atoms in total. The number of urea groups is 1. The second-order valence-electron chi connectivity index (χ2n) is 5.67. The third-order valence-corrected chi connectivity index (χ3v) is 3.60. The second kappa shape index (κ2) is 5.63. The van der Waals surface area contributed by atoms with E-state index in [4.69, 9.17) is 4.52 Å². The van der Waals surface area contributed by atoms with E-state index < -0.39 is 0 Å². The molecule has 1 unspecified atom stereocenters. The Hall–Kier alpha value is -1.52. The van der Waals surface area contributed by atoms with Crippen molar-refractivity contribution in [2.75, 3.05) is 13.1 Å². The highest BCUT2D eigenvalue weighted by Crippen LogP contribution is 2.35. The van der Waals surface area contributed by atoms with E-state index in [1.165, 1.54) is 0 Å². The SMILES string of the molecule is Cc1noc(C)c1C1CCCN1C(=O)NCC(C)C. The van der Waals surface area contributed by atoms with Crippen LogP contribution in [0.3, 0.4) is 0 Å². The Morgan fingerprint density at radius 1 is 1.53 bits per heavy atom. The van der Waals surface area contributed by atoms with Crippen LogP contribution in [0.1, 0.15) is 49.7 Å². The van der Waals surface area contributed by atoms with Crippen LogP contribution in [0.5, 0.6) is 0 Å². The first-order valence-electron chi connectivity index (χ1n) is 6.98. The predicted octanol–water partition coefficient (Wildman–Crippen LogP) is 2.79. The topological polar surface area (TPSA) is 58.4 Å². The van der Waals surface area contributed by atoms with Crippen LogP contribution >= 0.6 is 0 Å². The molecule has 0 aliphatic carbocycles. The number of nitrogens with one attached hydrogen (secondary N) is 1. The van der Waals surface area contributed by atoms with E-state index in [0.29, 0.717) is 12.5 Å². The van der Waals surface area contributed by atoms with Crippen molar-refractivity contribution >= 4 is 6.03 Å². The lowest BCUT2D eigenvalue weighted by Crippen LogP contribution is -2.41. The van der Waals surface area contributed by atoms with E-state index in [-0.39, 0.29) is 12.1 Å². The molecule has 1 N–H and O–H groups in total. The minimum Gasteiger partial charge on any atom is -0.361 e. The van der Waals surface area contributed by atoms with Gasteiger partial charge in [0.1, 0.15) is 5.76 Å². The molecule has 1 saturated heterocycles. The van der Waals surface area contributed by atoms with Crippen LogP contribution < -0.4 is 5.32 Å². The van der Waals surface area contributed by atoms with Crippen molar-refractivity contribution < 1.29 is 9.32 Å². The molecule has 106 valence electrons. The number of carbonyl (C=O) groups is 1. The van der Waals surface area contributed by atoms with Gasteiger partial charge in [-0.25, -0.2) is 4.79 Å². The Morgan fingerprint density at radius 3 is 2.84 bits per heavy atom.